The topological polar surface area (TPSA) is 109 Å². The number of nitrogen functional groups attached to an aromatic ring is 1. The van der Waals surface area contributed by atoms with Crippen molar-refractivity contribution < 1.29 is 27.8 Å². The number of hydrogen-bond donors (Lipinski definition) is 2. The number of nitriles is 1. The molecule has 0 bridgehead atoms. The lowest BCUT2D eigenvalue weighted by Gasteiger charge is -2.11. The molecule has 1 heterocycles. The highest BCUT2D eigenvalue weighted by Crippen LogP contribution is 2.29. The largest absolute Gasteiger partial charge is 0.573 e. The monoisotopic (exact) mass is 247 g/mol. The van der Waals surface area contributed by atoms with Crippen molar-refractivity contribution in [3.05, 3.63) is 17.3 Å². The first kappa shape index (κ1) is 12.6. The fourth-order valence-corrected chi connectivity index (χ4v) is 1.04. The van der Waals surface area contributed by atoms with Crippen LogP contribution in [-0.4, -0.2) is 22.4 Å². The molecule has 0 radical (unpaired) electrons. The Hall–Kier alpha value is -2.50. The van der Waals surface area contributed by atoms with Gasteiger partial charge in [-0.2, -0.15) is 5.26 Å². The van der Waals surface area contributed by atoms with Crippen LogP contribution in [0.25, 0.3) is 0 Å². The lowest BCUT2D eigenvalue weighted by molar-refractivity contribution is -0.274. The molecular formula is C8H4F3N3O3. The van der Waals surface area contributed by atoms with Gasteiger partial charge >= 0.3 is 12.3 Å². The van der Waals surface area contributed by atoms with E-state index in [-0.39, 0.29) is 0 Å². The van der Waals surface area contributed by atoms with Crippen LogP contribution in [0.15, 0.2) is 6.20 Å². The highest BCUT2D eigenvalue weighted by atomic mass is 19.4. The summed E-state index contributed by atoms with van der Waals surface area (Å²) in [4.78, 5) is 13.9. The average molecular weight is 247 g/mol. The van der Waals surface area contributed by atoms with E-state index in [0.29, 0.717) is 6.20 Å². The summed E-state index contributed by atoms with van der Waals surface area (Å²) in [5.41, 5.74) is 3.49. The maximum Gasteiger partial charge on any atom is 0.573 e. The molecule has 0 saturated carbocycles. The van der Waals surface area contributed by atoms with E-state index in [1.807, 2.05) is 0 Å². The van der Waals surface area contributed by atoms with Gasteiger partial charge in [0.2, 0.25) is 0 Å². The quantitative estimate of drug-likeness (QED) is 0.810. The normalized spacial score (nSPS) is 10.7. The third-order valence-electron chi connectivity index (χ3n) is 1.62. The standard InChI is InChI=1S/C8H4F3N3O3/c9-8(10,11)17-4-2-14-6(13)5(7(15)16)3(4)1-12/h2H,(H2,13,14)(H,15,16). The van der Waals surface area contributed by atoms with E-state index in [9.17, 15) is 18.0 Å². The van der Waals surface area contributed by atoms with Crippen LogP contribution in [0.4, 0.5) is 19.0 Å². The van der Waals surface area contributed by atoms with Crippen molar-refractivity contribution in [1.82, 2.24) is 4.98 Å². The molecule has 0 saturated heterocycles. The first-order chi connectivity index (χ1) is 7.76. The molecule has 1 aromatic rings. The maximum atomic E-state index is 12.0. The Morgan fingerprint density at radius 1 is 1.59 bits per heavy atom. The number of anilines is 1. The molecule has 17 heavy (non-hydrogen) atoms. The number of aromatic nitrogens is 1. The number of hydrogen-bond acceptors (Lipinski definition) is 5. The van der Waals surface area contributed by atoms with Gasteiger partial charge in [-0.1, -0.05) is 0 Å². The number of carbonyl (C=O) groups is 1. The minimum atomic E-state index is -5.06. The molecule has 0 unspecified atom stereocenters. The van der Waals surface area contributed by atoms with E-state index in [1.165, 1.54) is 6.07 Å². The van der Waals surface area contributed by atoms with E-state index >= 15 is 0 Å². The van der Waals surface area contributed by atoms with Crippen molar-refractivity contribution in [3.63, 3.8) is 0 Å². The number of carboxylic acids is 1. The number of nitrogens with two attached hydrogens (primary N) is 1. The van der Waals surface area contributed by atoms with Gasteiger partial charge in [-0.05, 0) is 0 Å². The molecule has 0 aromatic carbocycles. The molecule has 0 aliphatic heterocycles. The Morgan fingerprint density at radius 2 is 2.18 bits per heavy atom. The maximum absolute atomic E-state index is 12.0. The number of ether oxygens (including phenoxy) is 1. The number of nitrogens with zero attached hydrogens (tertiary/aromatic N) is 2. The molecule has 0 amide bonds. The van der Waals surface area contributed by atoms with Crippen LogP contribution >= 0.6 is 0 Å². The van der Waals surface area contributed by atoms with Gasteiger partial charge in [-0.3, -0.25) is 0 Å². The van der Waals surface area contributed by atoms with Gasteiger partial charge in [-0.25, -0.2) is 9.78 Å². The first-order valence-corrected chi connectivity index (χ1v) is 3.94. The van der Waals surface area contributed by atoms with E-state index in [0.717, 1.165) is 0 Å². The first-order valence-electron chi connectivity index (χ1n) is 3.94. The summed E-state index contributed by atoms with van der Waals surface area (Å²) in [6.07, 6.45) is -4.52. The third-order valence-corrected chi connectivity index (χ3v) is 1.62. The molecule has 0 aliphatic carbocycles. The van der Waals surface area contributed by atoms with Crippen LogP contribution in [0.3, 0.4) is 0 Å². The molecule has 0 aliphatic rings. The number of rotatable bonds is 2. The molecule has 6 nitrogen and oxygen atoms in total. The molecule has 9 heteroatoms. The summed E-state index contributed by atoms with van der Waals surface area (Å²) in [7, 11) is 0. The summed E-state index contributed by atoms with van der Waals surface area (Å²) < 4.78 is 39.3. The van der Waals surface area contributed by atoms with Gasteiger partial charge in [0.25, 0.3) is 0 Å². The van der Waals surface area contributed by atoms with Crippen LogP contribution in [0.1, 0.15) is 15.9 Å². The minimum Gasteiger partial charge on any atom is -0.478 e. The summed E-state index contributed by atoms with van der Waals surface area (Å²) in [5, 5.41) is 17.3. The summed E-state index contributed by atoms with van der Waals surface area (Å²) in [6.45, 7) is 0. The predicted octanol–water partition coefficient (Wildman–Crippen LogP) is 1.13. The van der Waals surface area contributed by atoms with E-state index in [2.05, 4.69) is 9.72 Å². The highest BCUT2D eigenvalue weighted by Gasteiger charge is 2.34. The third kappa shape index (κ3) is 2.75. The zero-order valence-corrected chi connectivity index (χ0v) is 7.95. The van der Waals surface area contributed by atoms with Crippen molar-refractivity contribution in [3.8, 4) is 11.8 Å². The summed E-state index contributed by atoms with van der Waals surface area (Å²) >= 11 is 0. The fraction of sp³-hybridized carbons (Fsp3) is 0.125. The molecular weight excluding hydrogens is 243 g/mol. The number of pyridine rings is 1. The Morgan fingerprint density at radius 3 is 2.59 bits per heavy atom. The van der Waals surface area contributed by atoms with Gasteiger partial charge in [0.1, 0.15) is 23.0 Å². The van der Waals surface area contributed by atoms with Gasteiger partial charge in [0.05, 0.1) is 6.20 Å². The number of aromatic carboxylic acids is 1. The lowest BCUT2D eigenvalue weighted by atomic mass is 10.1. The Bertz CT molecular complexity index is 507. The molecule has 90 valence electrons. The Balaban J connectivity index is 3.40. The van der Waals surface area contributed by atoms with Gasteiger partial charge < -0.3 is 15.6 Å². The molecule has 0 spiro atoms. The van der Waals surface area contributed by atoms with E-state index in [1.54, 1.807) is 0 Å². The Kier molecular flexibility index (Phi) is 3.08. The van der Waals surface area contributed by atoms with Crippen LogP contribution in [0.2, 0.25) is 0 Å². The van der Waals surface area contributed by atoms with E-state index < -0.39 is 35.0 Å². The molecule has 0 fully saturated rings. The summed E-state index contributed by atoms with van der Waals surface area (Å²) in [5.74, 6) is -3.24. The van der Waals surface area contributed by atoms with Crippen molar-refractivity contribution >= 4 is 11.8 Å². The number of alkyl halides is 3. The van der Waals surface area contributed by atoms with Gasteiger partial charge in [0, 0.05) is 0 Å². The second-order valence-electron chi connectivity index (χ2n) is 2.72. The van der Waals surface area contributed by atoms with Gasteiger partial charge in [0.15, 0.2) is 5.75 Å². The fourth-order valence-electron chi connectivity index (χ4n) is 1.04. The van der Waals surface area contributed by atoms with Crippen LogP contribution in [0, 0.1) is 11.3 Å². The molecule has 1 rings (SSSR count). The molecule has 0 atom stereocenters. The predicted molar refractivity (Wildman–Crippen MR) is 47.0 cm³/mol. The average Bonchev–Trinajstić information content (AvgIpc) is 2.17. The second-order valence-corrected chi connectivity index (χ2v) is 2.72. The molecule has 1 aromatic heterocycles. The summed E-state index contributed by atoms with van der Waals surface area (Å²) in [6, 6.07) is 1.28. The van der Waals surface area contributed by atoms with Gasteiger partial charge in [-0.15, -0.1) is 13.2 Å². The number of halogens is 3. The van der Waals surface area contributed by atoms with Crippen molar-refractivity contribution in [2.45, 2.75) is 6.36 Å². The van der Waals surface area contributed by atoms with Crippen LogP contribution in [0.5, 0.6) is 5.75 Å². The Labute approximate surface area is 92.0 Å². The van der Waals surface area contributed by atoms with E-state index in [4.69, 9.17) is 16.1 Å². The van der Waals surface area contributed by atoms with Crippen LogP contribution in [-0.2, 0) is 0 Å². The zero-order chi connectivity index (χ0) is 13.2. The van der Waals surface area contributed by atoms with Crippen molar-refractivity contribution in [2.24, 2.45) is 0 Å². The smallest absolute Gasteiger partial charge is 0.478 e. The number of carboxylic acid groups (broad SMARTS) is 1. The minimum absolute atomic E-state index is 0.536. The lowest BCUT2D eigenvalue weighted by Crippen LogP contribution is -2.19. The van der Waals surface area contributed by atoms with Crippen molar-refractivity contribution in [1.29, 1.82) is 5.26 Å². The SMILES string of the molecule is N#Cc1c(OC(F)(F)F)cnc(N)c1C(=O)O. The highest BCUT2D eigenvalue weighted by molar-refractivity contribution is 5.96. The zero-order valence-electron chi connectivity index (χ0n) is 7.95. The van der Waals surface area contributed by atoms with Crippen molar-refractivity contribution in [2.75, 3.05) is 5.73 Å². The molecule has 3 N–H and O–H groups in total. The second kappa shape index (κ2) is 4.17. The van der Waals surface area contributed by atoms with Crippen LogP contribution < -0.4 is 10.5 Å².